The Hall–Kier alpha value is -1.83. The van der Waals surface area contributed by atoms with Gasteiger partial charge in [-0.1, -0.05) is 66.7 Å². The lowest BCUT2D eigenvalue weighted by atomic mass is 9.90. The summed E-state index contributed by atoms with van der Waals surface area (Å²) in [7, 11) is 1.99. The molecule has 0 spiro atoms. The summed E-state index contributed by atoms with van der Waals surface area (Å²) in [6.45, 7) is 16.9. The quantitative estimate of drug-likeness (QED) is 0.517. The highest BCUT2D eigenvalue weighted by atomic mass is 15.2. The van der Waals surface area contributed by atoms with Gasteiger partial charge in [0, 0.05) is 12.4 Å². The number of allylic oxidation sites excluding steroid dienone is 4. The van der Waals surface area contributed by atoms with E-state index in [0.717, 1.165) is 12.8 Å². The first-order valence-electron chi connectivity index (χ1n) is 9.84. The van der Waals surface area contributed by atoms with Gasteiger partial charge >= 0.3 is 0 Å². The van der Waals surface area contributed by atoms with Crippen LogP contribution in [-0.4, -0.2) is 9.78 Å². The summed E-state index contributed by atoms with van der Waals surface area (Å²) in [5, 5.41) is 5.54. The molecule has 0 N–H and O–H groups in total. The van der Waals surface area contributed by atoms with Crippen LogP contribution in [0.3, 0.4) is 0 Å². The molecule has 1 aromatic carbocycles. The van der Waals surface area contributed by atoms with Crippen molar-refractivity contribution in [2.24, 2.45) is 13.0 Å². The molecule has 0 aliphatic carbocycles. The fourth-order valence-corrected chi connectivity index (χ4v) is 2.79. The van der Waals surface area contributed by atoms with Gasteiger partial charge in [0.1, 0.15) is 0 Å². The number of aromatic nitrogens is 2. The van der Waals surface area contributed by atoms with Crippen molar-refractivity contribution >= 4 is 16.5 Å². The Bertz CT molecular complexity index is 672. The van der Waals surface area contributed by atoms with E-state index in [9.17, 15) is 0 Å². The van der Waals surface area contributed by atoms with Crippen LogP contribution in [0.5, 0.6) is 0 Å². The monoisotopic (exact) mass is 342 g/mol. The minimum atomic E-state index is 0.665. The van der Waals surface area contributed by atoms with E-state index in [1.165, 1.54) is 27.6 Å². The number of rotatable bonds is 5. The average molecular weight is 343 g/mol. The predicted octanol–water partition coefficient (Wildman–Crippen LogP) is 7.41. The number of hydrogen-bond acceptors (Lipinski definition) is 1. The molecule has 1 aromatic heterocycles. The van der Waals surface area contributed by atoms with Gasteiger partial charge in [0.15, 0.2) is 0 Å². The van der Waals surface area contributed by atoms with E-state index in [0.29, 0.717) is 5.92 Å². The van der Waals surface area contributed by atoms with Gasteiger partial charge in [-0.3, -0.25) is 4.68 Å². The Balaban J connectivity index is 0.00000134. The summed E-state index contributed by atoms with van der Waals surface area (Å²) in [4.78, 5) is 0. The third-order valence-corrected chi connectivity index (χ3v) is 3.79. The van der Waals surface area contributed by atoms with Gasteiger partial charge in [-0.15, -0.1) is 0 Å². The Morgan fingerprint density at radius 2 is 1.80 bits per heavy atom. The molecule has 2 nitrogen and oxygen atoms in total. The standard InChI is InChI=1S/C19H26N2.2C2H6/c1-6-8-18(15(7-2)11-14(3)4)16-9-10-19-17(12-16)13-20-21(19)5;2*1-2/h7-10,12-14H,6,11H2,1-5H3;2*1-2H3/b15-7-,18-8+;;. The first-order valence-corrected chi connectivity index (χ1v) is 9.84. The molecule has 1 heterocycles. The zero-order valence-corrected chi connectivity index (χ0v) is 17.9. The maximum atomic E-state index is 4.34. The third kappa shape index (κ3) is 6.53. The SMILES string of the molecule is C/C=C(CC(C)C)\C(=C/CC)c1ccc2c(cnn2C)c1.CC.CC. The lowest BCUT2D eigenvalue weighted by molar-refractivity contribution is 0.651. The van der Waals surface area contributed by atoms with E-state index in [1.807, 2.05) is 45.6 Å². The maximum Gasteiger partial charge on any atom is 0.0679 e. The molecule has 0 aliphatic rings. The molecule has 0 atom stereocenters. The zero-order chi connectivity index (χ0) is 19.4. The lowest BCUT2D eigenvalue weighted by Crippen LogP contribution is -1.96. The van der Waals surface area contributed by atoms with Crippen molar-refractivity contribution in [3.63, 3.8) is 0 Å². The molecule has 0 saturated carbocycles. The second kappa shape index (κ2) is 12.5. The molecular formula is C23H38N2. The van der Waals surface area contributed by atoms with Gasteiger partial charge in [0.25, 0.3) is 0 Å². The molecule has 2 heteroatoms. The number of nitrogens with zero attached hydrogens (tertiary/aromatic N) is 2. The molecule has 0 bridgehead atoms. The minimum absolute atomic E-state index is 0.665. The van der Waals surface area contributed by atoms with Crippen molar-refractivity contribution in [3.8, 4) is 0 Å². The Morgan fingerprint density at radius 3 is 2.32 bits per heavy atom. The molecule has 0 radical (unpaired) electrons. The number of hydrogen-bond donors (Lipinski definition) is 0. The highest BCUT2D eigenvalue weighted by Crippen LogP contribution is 2.30. The van der Waals surface area contributed by atoms with Crippen LogP contribution in [0.15, 0.2) is 42.1 Å². The molecule has 0 unspecified atom stereocenters. The van der Waals surface area contributed by atoms with Gasteiger partial charge in [-0.25, -0.2) is 0 Å². The topological polar surface area (TPSA) is 17.8 Å². The van der Waals surface area contributed by atoms with Crippen molar-refractivity contribution < 1.29 is 0 Å². The second-order valence-corrected chi connectivity index (χ2v) is 5.98. The summed E-state index contributed by atoms with van der Waals surface area (Å²) < 4.78 is 1.92. The van der Waals surface area contributed by atoms with E-state index < -0.39 is 0 Å². The number of benzene rings is 1. The van der Waals surface area contributed by atoms with E-state index in [2.05, 4.69) is 63.1 Å². The molecule has 25 heavy (non-hydrogen) atoms. The molecule has 0 amide bonds. The molecule has 0 aliphatic heterocycles. The van der Waals surface area contributed by atoms with Crippen molar-refractivity contribution in [1.29, 1.82) is 0 Å². The normalized spacial score (nSPS) is 11.8. The average Bonchev–Trinajstić information content (AvgIpc) is 3.01. The lowest BCUT2D eigenvalue weighted by Gasteiger charge is -2.15. The van der Waals surface area contributed by atoms with Crippen LogP contribution < -0.4 is 0 Å². The molecule has 2 rings (SSSR count). The summed E-state index contributed by atoms with van der Waals surface area (Å²) >= 11 is 0. The largest absolute Gasteiger partial charge is 0.268 e. The van der Waals surface area contributed by atoms with Gasteiger partial charge in [0.2, 0.25) is 0 Å². The van der Waals surface area contributed by atoms with Gasteiger partial charge in [-0.2, -0.15) is 5.10 Å². The Labute approximate surface area is 155 Å². The zero-order valence-electron chi connectivity index (χ0n) is 17.9. The molecule has 2 aromatic rings. The Kier molecular flexibility index (Phi) is 11.6. The van der Waals surface area contributed by atoms with Crippen molar-refractivity contribution in [1.82, 2.24) is 9.78 Å². The highest BCUT2D eigenvalue weighted by molar-refractivity contribution is 5.87. The summed E-state index contributed by atoms with van der Waals surface area (Å²) in [5.74, 6) is 0.665. The van der Waals surface area contributed by atoms with Crippen LogP contribution in [0.2, 0.25) is 0 Å². The highest BCUT2D eigenvalue weighted by Gasteiger charge is 2.10. The van der Waals surface area contributed by atoms with E-state index in [-0.39, 0.29) is 0 Å². The fraction of sp³-hybridized carbons (Fsp3) is 0.522. The Morgan fingerprint density at radius 1 is 1.16 bits per heavy atom. The number of aryl methyl sites for hydroxylation is 1. The van der Waals surface area contributed by atoms with Crippen LogP contribution in [0.1, 0.15) is 73.8 Å². The van der Waals surface area contributed by atoms with Crippen molar-refractivity contribution in [2.45, 2.75) is 68.2 Å². The third-order valence-electron chi connectivity index (χ3n) is 3.79. The fourth-order valence-electron chi connectivity index (χ4n) is 2.79. The summed E-state index contributed by atoms with van der Waals surface area (Å²) in [6.07, 6.45) is 8.72. The summed E-state index contributed by atoms with van der Waals surface area (Å²) in [5.41, 5.74) is 5.29. The van der Waals surface area contributed by atoms with E-state index in [1.54, 1.807) is 0 Å². The van der Waals surface area contributed by atoms with Gasteiger partial charge in [0.05, 0.1) is 11.7 Å². The van der Waals surface area contributed by atoms with Gasteiger partial charge < -0.3 is 0 Å². The van der Waals surface area contributed by atoms with Crippen molar-refractivity contribution in [2.75, 3.05) is 0 Å². The van der Waals surface area contributed by atoms with Crippen LogP contribution in [-0.2, 0) is 7.05 Å². The maximum absolute atomic E-state index is 4.34. The van der Waals surface area contributed by atoms with E-state index >= 15 is 0 Å². The molecular weight excluding hydrogens is 304 g/mol. The predicted molar refractivity (Wildman–Crippen MR) is 115 cm³/mol. The number of fused-ring (bicyclic) bond motifs is 1. The smallest absolute Gasteiger partial charge is 0.0679 e. The van der Waals surface area contributed by atoms with Crippen LogP contribution >= 0.6 is 0 Å². The first-order chi connectivity index (χ1) is 12.1. The first kappa shape index (κ1) is 23.2. The van der Waals surface area contributed by atoms with Crippen LogP contribution in [0.25, 0.3) is 16.5 Å². The summed E-state index contributed by atoms with van der Waals surface area (Å²) in [6, 6.07) is 6.65. The molecule has 0 saturated heterocycles. The second-order valence-electron chi connectivity index (χ2n) is 5.98. The van der Waals surface area contributed by atoms with Crippen LogP contribution in [0.4, 0.5) is 0 Å². The van der Waals surface area contributed by atoms with Gasteiger partial charge in [-0.05, 0) is 54.5 Å². The molecule has 140 valence electrons. The van der Waals surface area contributed by atoms with Crippen LogP contribution in [0, 0.1) is 5.92 Å². The van der Waals surface area contributed by atoms with E-state index in [4.69, 9.17) is 0 Å². The minimum Gasteiger partial charge on any atom is -0.268 e. The van der Waals surface area contributed by atoms with Crippen molar-refractivity contribution in [3.05, 3.63) is 47.7 Å². The molecule has 0 fully saturated rings.